The fourth-order valence-electron chi connectivity index (χ4n) is 5.66. The Morgan fingerprint density at radius 3 is 0.822 bits per heavy atom. The molecule has 2 N–H and O–H groups in total. The number of esters is 2. The smallest absolute Gasteiger partial charge is 0.317 e. The number of hydrogen-bond donors (Lipinski definition) is 2. The van der Waals surface area contributed by atoms with Crippen LogP contribution in [-0.2, 0) is 19.1 Å². The minimum atomic E-state index is -0.822. The number of ether oxygens (including phenoxy) is 1. The number of hydrogen-bond acceptors (Lipinski definition) is 5. The summed E-state index contributed by atoms with van der Waals surface area (Å²) in [5, 5.41) is 10.3. The maximum absolute atomic E-state index is 11.9. The van der Waals surface area contributed by atoms with Gasteiger partial charge in [-0.1, -0.05) is 194 Å². The van der Waals surface area contributed by atoms with Gasteiger partial charge in [0.05, 0.1) is 6.54 Å². The van der Waals surface area contributed by atoms with Crippen molar-refractivity contribution < 1.29 is 24.2 Å². The standard InChI is InChI=1S/C36H70O3.C3H7NO2/c1-3-5-7-9-11-13-15-17-19-21-23-25-27-29-31-33-35(37)39-36(38)34-32-30-28-26-24-22-20-18-16-14-12-10-8-6-4-2;1-4-2-3(5)6/h3-34H2,1-2H3;4H,2H2,1H3,(H,5,6). The predicted octanol–water partition coefficient (Wildman–Crippen LogP) is 11.9. The lowest BCUT2D eigenvalue weighted by atomic mass is 10.0. The van der Waals surface area contributed by atoms with Crippen LogP contribution in [0.5, 0.6) is 0 Å². The number of carboxylic acid groups (broad SMARTS) is 1. The Kier molecular flexibility index (Phi) is 41.2. The van der Waals surface area contributed by atoms with E-state index in [2.05, 4.69) is 19.2 Å². The van der Waals surface area contributed by atoms with Crippen LogP contribution in [-0.4, -0.2) is 36.6 Å². The molecule has 0 unspecified atom stereocenters. The molecule has 0 amide bonds. The summed E-state index contributed by atoms with van der Waals surface area (Å²) in [5.41, 5.74) is 0. The van der Waals surface area contributed by atoms with Gasteiger partial charge in [-0.25, -0.2) is 0 Å². The van der Waals surface area contributed by atoms with Crippen molar-refractivity contribution in [2.45, 2.75) is 219 Å². The Labute approximate surface area is 280 Å². The molecule has 0 spiro atoms. The van der Waals surface area contributed by atoms with Crippen molar-refractivity contribution in [1.29, 1.82) is 0 Å². The molecule has 0 radical (unpaired) electrons. The van der Waals surface area contributed by atoms with E-state index in [1.807, 2.05) is 0 Å². The van der Waals surface area contributed by atoms with Crippen molar-refractivity contribution in [3.05, 3.63) is 0 Å². The third kappa shape index (κ3) is 44.7. The second-order valence-corrected chi connectivity index (χ2v) is 13.2. The number of likely N-dealkylation sites (N-methyl/N-ethyl adjacent to an activating group) is 1. The van der Waals surface area contributed by atoms with Crippen molar-refractivity contribution in [3.63, 3.8) is 0 Å². The van der Waals surface area contributed by atoms with Gasteiger partial charge < -0.3 is 15.2 Å². The van der Waals surface area contributed by atoms with Gasteiger partial charge in [-0.2, -0.15) is 0 Å². The zero-order chi connectivity index (χ0) is 33.5. The molecule has 0 aliphatic carbocycles. The first-order valence-corrected chi connectivity index (χ1v) is 19.6. The number of carbonyl (C=O) groups is 3. The fourth-order valence-corrected chi connectivity index (χ4v) is 5.66. The van der Waals surface area contributed by atoms with Crippen molar-refractivity contribution in [1.82, 2.24) is 5.32 Å². The maximum Gasteiger partial charge on any atom is 0.317 e. The molecule has 0 heterocycles. The third-order valence-corrected chi connectivity index (χ3v) is 8.52. The van der Waals surface area contributed by atoms with Crippen LogP contribution in [0.4, 0.5) is 0 Å². The van der Waals surface area contributed by atoms with Crippen LogP contribution in [0.3, 0.4) is 0 Å². The molecule has 0 aliphatic rings. The topological polar surface area (TPSA) is 92.7 Å². The molecule has 0 fully saturated rings. The van der Waals surface area contributed by atoms with E-state index in [1.54, 1.807) is 7.05 Å². The van der Waals surface area contributed by atoms with Gasteiger partial charge in [0.25, 0.3) is 0 Å². The first-order chi connectivity index (χ1) is 22.0. The highest BCUT2D eigenvalue weighted by Gasteiger charge is 2.10. The molecule has 45 heavy (non-hydrogen) atoms. The van der Waals surface area contributed by atoms with E-state index in [1.165, 1.54) is 167 Å². The second-order valence-electron chi connectivity index (χ2n) is 13.2. The number of rotatable bonds is 34. The molecule has 0 saturated carbocycles. The van der Waals surface area contributed by atoms with Crippen molar-refractivity contribution in [2.75, 3.05) is 13.6 Å². The summed E-state index contributed by atoms with van der Waals surface area (Å²) in [7, 11) is 1.59. The van der Waals surface area contributed by atoms with Crippen LogP contribution in [0.25, 0.3) is 0 Å². The average molecular weight is 640 g/mol. The summed E-state index contributed by atoms with van der Waals surface area (Å²) in [4.78, 5) is 33.3. The molecular weight excluding hydrogens is 562 g/mol. The number of carboxylic acids is 1. The van der Waals surface area contributed by atoms with Gasteiger partial charge in [-0.05, 0) is 19.9 Å². The highest BCUT2D eigenvalue weighted by Crippen LogP contribution is 2.15. The lowest BCUT2D eigenvalue weighted by Crippen LogP contribution is -2.16. The molecule has 0 aliphatic heterocycles. The molecular formula is C39H77NO5. The summed E-state index contributed by atoms with van der Waals surface area (Å²) >= 11 is 0. The quantitative estimate of drug-likeness (QED) is 0.0413. The van der Waals surface area contributed by atoms with Crippen LogP contribution in [0, 0.1) is 0 Å². The van der Waals surface area contributed by atoms with E-state index in [-0.39, 0.29) is 18.5 Å². The highest BCUT2D eigenvalue weighted by molar-refractivity contribution is 5.85. The summed E-state index contributed by atoms with van der Waals surface area (Å²) in [6.45, 7) is 4.60. The molecule has 0 bridgehead atoms. The number of nitrogens with one attached hydrogen (secondary N) is 1. The maximum atomic E-state index is 11.9. The zero-order valence-electron chi connectivity index (χ0n) is 30.4. The van der Waals surface area contributed by atoms with Crippen LogP contribution in [0.2, 0.25) is 0 Å². The van der Waals surface area contributed by atoms with Gasteiger partial charge >= 0.3 is 17.9 Å². The van der Waals surface area contributed by atoms with E-state index in [9.17, 15) is 14.4 Å². The zero-order valence-corrected chi connectivity index (χ0v) is 30.4. The predicted molar refractivity (Wildman–Crippen MR) is 192 cm³/mol. The molecule has 0 saturated heterocycles. The average Bonchev–Trinajstić information content (AvgIpc) is 3.01. The van der Waals surface area contributed by atoms with Crippen LogP contribution >= 0.6 is 0 Å². The van der Waals surface area contributed by atoms with Gasteiger partial charge in [-0.15, -0.1) is 0 Å². The molecule has 268 valence electrons. The van der Waals surface area contributed by atoms with E-state index in [4.69, 9.17) is 9.84 Å². The van der Waals surface area contributed by atoms with E-state index >= 15 is 0 Å². The Morgan fingerprint density at radius 1 is 0.422 bits per heavy atom. The normalized spacial score (nSPS) is 10.8. The summed E-state index contributed by atoms with van der Waals surface area (Å²) in [5.74, 6) is -1.47. The molecule has 6 nitrogen and oxygen atoms in total. The Bertz CT molecular complexity index is 581. The third-order valence-electron chi connectivity index (χ3n) is 8.52. The molecule has 0 aromatic rings. The molecule has 0 aromatic heterocycles. The Morgan fingerprint density at radius 2 is 0.644 bits per heavy atom. The molecule has 6 heteroatoms. The molecule has 0 aromatic carbocycles. The largest absolute Gasteiger partial charge is 0.480 e. The monoisotopic (exact) mass is 640 g/mol. The SMILES string of the molecule is CCCCCCCCCCCCCCCCCC(=O)OC(=O)CCCCCCCCCCCCCCCCC.CNCC(=O)O. The van der Waals surface area contributed by atoms with Crippen molar-refractivity contribution in [2.24, 2.45) is 0 Å². The first-order valence-electron chi connectivity index (χ1n) is 19.6. The molecule has 0 atom stereocenters. The van der Waals surface area contributed by atoms with Crippen LogP contribution < -0.4 is 5.32 Å². The minimum absolute atomic E-state index is 0.0417. The highest BCUT2D eigenvalue weighted by atomic mass is 16.6. The van der Waals surface area contributed by atoms with Gasteiger partial charge in [0.1, 0.15) is 0 Å². The van der Waals surface area contributed by atoms with E-state index in [0.717, 1.165) is 25.7 Å². The Balaban J connectivity index is 0. The van der Waals surface area contributed by atoms with E-state index in [0.29, 0.717) is 12.8 Å². The van der Waals surface area contributed by atoms with Gasteiger partial charge in [0.2, 0.25) is 0 Å². The van der Waals surface area contributed by atoms with Crippen molar-refractivity contribution >= 4 is 17.9 Å². The summed E-state index contributed by atoms with van der Waals surface area (Å²) < 4.78 is 5.01. The lowest BCUT2D eigenvalue weighted by molar-refractivity contribution is -0.159. The number of carbonyl (C=O) groups excluding carboxylic acids is 2. The Hall–Kier alpha value is -1.43. The number of aliphatic carboxylic acids is 1. The van der Waals surface area contributed by atoms with Crippen LogP contribution in [0.1, 0.15) is 219 Å². The summed E-state index contributed by atoms with van der Waals surface area (Å²) in [6.07, 6.45) is 40.1. The lowest BCUT2D eigenvalue weighted by Gasteiger charge is -2.05. The second kappa shape index (κ2) is 40.6. The fraction of sp³-hybridized carbons (Fsp3) is 0.923. The van der Waals surface area contributed by atoms with Gasteiger partial charge in [0.15, 0.2) is 0 Å². The van der Waals surface area contributed by atoms with Gasteiger partial charge in [-0.3, -0.25) is 14.4 Å². The minimum Gasteiger partial charge on any atom is -0.480 e. The summed E-state index contributed by atoms with van der Waals surface area (Å²) in [6, 6.07) is 0. The van der Waals surface area contributed by atoms with Crippen molar-refractivity contribution in [3.8, 4) is 0 Å². The first kappa shape index (κ1) is 45.7. The molecule has 0 rings (SSSR count). The number of unbranched alkanes of at least 4 members (excludes halogenated alkanes) is 28. The van der Waals surface area contributed by atoms with Gasteiger partial charge in [0, 0.05) is 12.8 Å². The van der Waals surface area contributed by atoms with Crippen LogP contribution in [0.15, 0.2) is 0 Å². The van der Waals surface area contributed by atoms with E-state index < -0.39 is 5.97 Å².